The van der Waals surface area contributed by atoms with Gasteiger partial charge in [0.25, 0.3) is 5.91 Å². The van der Waals surface area contributed by atoms with E-state index in [0.29, 0.717) is 16.5 Å². The number of carbonyl (C=O) groups is 1. The first-order valence-electron chi connectivity index (χ1n) is 6.49. The Morgan fingerprint density at radius 1 is 1.47 bits per heavy atom. The van der Waals surface area contributed by atoms with Gasteiger partial charge in [0.05, 0.1) is 5.56 Å². The lowest BCUT2D eigenvalue weighted by Crippen LogP contribution is -2.37. The summed E-state index contributed by atoms with van der Waals surface area (Å²) in [6.45, 7) is 2.90. The van der Waals surface area contributed by atoms with Crippen LogP contribution in [-0.2, 0) is 0 Å². The minimum Gasteiger partial charge on any atom is -0.341 e. The molecule has 0 radical (unpaired) electrons. The van der Waals surface area contributed by atoms with Gasteiger partial charge in [0, 0.05) is 23.1 Å². The number of piperidine rings is 1. The number of nitrogens with one attached hydrogen (secondary N) is 1. The molecule has 1 aromatic rings. The molecule has 3 nitrogen and oxygen atoms in total. The van der Waals surface area contributed by atoms with Crippen molar-refractivity contribution in [2.45, 2.75) is 12.8 Å². The predicted molar refractivity (Wildman–Crippen MR) is 81.7 cm³/mol. The maximum atomic E-state index is 12.4. The second-order valence-electron chi connectivity index (χ2n) is 5.00. The zero-order valence-electron chi connectivity index (χ0n) is 11.0. The fourth-order valence-electron chi connectivity index (χ4n) is 2.40. The van der Waals surface area contributed by atoms with E-state index in [1.807, 2.05) is 13.1 Å². The normalized spacial score (nSPS) is 16.4. The summed E-state index contributed by atoms with van der Waals surface area (Å²) >= 11 is 9.37. The van der Waals surface area contributed by atoms with Crippen molar-refractivity contribution in [2.75, 3.05) is 26.7 Å². The average Bonchev–Trinajstić information content (AvgIpc) is 2.42. The second-order valence-corrected chi connectivity index (χ2v) is 6.29. The lowest BCUT2D eigenvalue weighted by atomic mass is 9.97. The summed E-state index contributed by atoms with van der Waals surface area (Å²) in [5.74, 6) is 0.612. The van der Waals surface area contributed by atoms with Gasteiger partial charge in [0.15, 0.2) is 0 Å². The summed E-state index contributed by atoms with van der Waals surface area (Å²) in [7, 11) is 1.86. The lowest BCUT2D eigenvalue weighted by Gasteiger charge is -2.27. The van der Waals surface area contributed by atoms with Crippen LogP contribution in [0, 0.1) is 5.92 Å². The lowest BCUT2D eigenvalue weighted by molar-refractivity contribution is 0.0762. The quantitative estimate of drug-likeness (QED) is 0.912. The van der Waals surface area contributed by atoms with E-state index < -0.39 is 0 Å². The van der Waals surface area contributed by atoms with E-state index in [-0.39, 0.29) is 5.91 Å². The number of benzene rings is 1. The van der Waals surface area contributed by atoms with Crippen molar-refractivity contribution in [3.05, 3.63) is 33.3 Å². The highest BCUT2D eigenvalue weighted by Gasteiger charge is 2.20. The molecule has 1 N–H and O–H groups in total. The van der Waals surface area contributed by atoms with E-state index in [9.17, 15) is 4.79 Å². The number of rotatable bonds is 3. The first-order valence-corrected chi connectivity index (χ1v) is 7.66. The van der Waals surface area contributed by atoms with Crippen LogP contribution in [0.1, 0.15) is 23.2 Å². The third-order valence-corrected chi connectivity index (χ3v) is 4.42. The van der Waals surface area contributed by atoms with Gasteiger partial charge in [0.1, 0.15) is 0 Å². The van der Waals surface area contributed by atoms with E-state index in [1.165, 1.54) is 0 Å². The van der Waals surface area contributed by atoms with Gasteiger partial charge in [-0.3, -0.25) is 4.79 Å². The van der Waals surface area contributed by atoms with Crippen molar-refractivity contribution in [1.82, 2.24) is 10.2 Å². The number of hydrogen-bond donors (Lipinski definition) is 1. The summed E-state index contributed by atoms with van der Waals surface area (Å²) in [5, 5.41) is 3.92. The fraction of sp³-hybridized carbons (Fsp3) is 0.500. The molecular formula is C14H18BrClN2O. The molecule has 0 bridgehead atoms. The molecule has 19 heavy (non-hydrogen) atoms. The summed E-state index contributed by atoms with van der Waals surface area (Å²) in [6, 6.07) is 5.30. The van der Waals surface area contributed by atoms with Crippen LogP contribution in [0.4, 0.5) is 0 Å². The van der Waals surface area contributed by atoms with Gasteiger partial charge < -0.3 is 10.2 Å². The molecule has 2 rings (SSSR count). The van der Waals surface area contributed by atoms with Crippen molar-refractivity contribution in [1.29, 1.82) is 0 Å². The maximum Gasteiger partial charge on any atom is 0.254 e. The average molecular weight is 346 g/mol. The smallest absolute Gasteiger partial charge is 0.254 e. The summed E-state index contributed by atoms with van der Waals surface area (Å²) in [6.07, 6.45) is 2.27. The number of carbonyl (C=O) groups excluding carboxylic acids is 1. The summed E-state index contributed by atoms with van der Waals surface area (Å²) in [4.78, 5) is 14.2. The molecular weight excluding hydrogens is 328 g/mol. The van der Waals surface area contributed by atoms with E-state index in [1.54, 1.807) is 17.0 Å². The Hall–Kier alpha value is -0.580. The highest BCUT2D eigenvalue weighted by Crippen LogP contribution is 2.23. The molecule has 1 amide bonds. The Morgan fingerprint density at radius 3 is 2.84 bits per heavy atom. The zero-order chi connectivity index (χ0) is 13.8. The third kappa shape index (κ3) is 3.94. The summed E-state index contributed by atoms with van der Waals surface area (Å²) < 4.78 is 0.791. The van der Waals surface area contributed by atoms with Gasteiger partial charge in [-0.25, -0.2) is 0 Å². The van der Waals surface area contributed by atoms with Gasteiger partial charge in [-0.15, -0.1) is 0 Å². The van der Waals surface area contributed by atoms with E-state index in [0.717, 1.165) is 36.9 Å². The van der Waals surface area contributed by atoms with Crippen LogP contribution in [-0.4, -0.2) is 37.5 Å². The molecule has 1 heterocycles. The third-order valence-electron chi connectivity index (χ3n) is 3.50. The topological polar surface area (TPSA) is 32.3 Å². The fourth-order valence-corrected chi connectivity index (χ4v) is 2.99. The number of hydrogen-bond acceptors (Lipinski definition) is 2. The van der Waals surface area contributed by atoms with Crippen LogP contribution in [0.15, 0.2) is 22.7 Å². The summed E-state index contributed by atoms with van der Waals surface area (Å²) in [5.41, 5.74) is 0.629. The zero-order valence-corrected chi connectivity index (χ0v) is 13.3. The Labute approximate surface area is 127 Å². The highest BCUT2D eigenvalue weighted by atomic mass is 79.9. The highest BCUT2D eigenvalue weighted by molar-refractivity contribution is 9.10. The van der Waals surface area contributed by atoms with Crippen LogP contribution in [0.5, 0.6) is 0 Å². The first-order chi connectivity index (χ1) is 9.08. The molecule has 0 saturated carbocycles. The monoisotopic (exact) mass is 344 g/mol. The van der Waals surface area contributed by atoms with E-state index >= 15 is 0 Å². The molecule has 104 valence electrons. The molecule has 1 aromatic carbocycles. The van der Waals surface area contributed by atoms with Crippen LogP contribution in [0.2, 0.25) is 5.02 Å². The van der Waals surface area contributed by atoms with Gasteiger partial charge in [-0.05, 0) is 66.0 Å². The van der Waals surface area contributed by atoms with Crippen molar-refractivity contribution < 1.29 is 4.79 Å². The van der Waals surface area contributed by atoms with Crippen LogP contribution < -0.4 is 5.32 Å². The van der Waals surface area contributed by atoms with E-state index in [4.69, 9.17) is 11.6 Å². The first kappa shape index (κ1) is 14.8. The van der Waals surface area contributed by atoms with Gasteiger partial charge >= 0.3 is 0 Å². The minimum atomic E-state index is 0.0212. The predicted octanol–water partition coefficient (Wildman–Crippen LogP) is 3.17. The van der Waals surface area contributed by atoms with Crippen molar-refractivity contribution in [3.8, 4) is 0 Å². The van der Waals surface area contributed by atoms with Crippen LogP contribution >= 0.6 is 27.5 Å². The molecule has 0 unspecified atom stereocenters. The van der Waals surface area contributed by atoms with Gasteiger partial charge in [0.2, 0.25) is 0 Å². The van der Waals surface area contributed by atoms with Crippen molar-refractivity contribution in [2.24, 2.45) is 5.92 Å². The minimum absolute atomic E-state index is 0.0212. The van der Waals surface area contributed by atoms with E-state index in [2.05, 4.69) is 21.2 Å². The van der Waals surface area contributed by atoms with Crippen molar-refractivity contribution >= 4 is 33.4 Å². The standard InChI is InChI=1S/C14H18BrClN2O/c1-18(9-10-4-6-17-7-5-10)14(19)12-8-11(16)2-3-13(12)15/h2-3,8,10,17H,4-7,9H2,1H3. The van der Waals surface area contributed by atoms with Gasteiger partial charge in [-0.2, -0.15) is 0 Å². The Bertz CT molecular complexity index is 461. The Morgan fingerprint density at radius 2 is 2.16 bits per heavy atom. The number of halogens is 2. The van der Waals surface area contributed by atoms with Crippen LogP contribution in [0.25, 0.3) is 0 Å². The number of nitrogens with zero attached hydrogens (tertiary/aromatic N) is 1. The number of amides is 1. The molecule has 0 spiro atoms. The molecule has 5 heteroatoms. The SMILES string of the molecule is CN(CC1CCNCC1)C(=O)c1cc(Cl)ccc1Br. The molecule has 0 aromatic heterocycles. The molecule has 0 aliphatic carbocycles. The Kier molecular flexibility index (Phi) is 5.25. The molecule has 1 saturated heterocycles. The molecule has 0 atom stereocenters. The maximum absolute atomic E-state index is 12.4. The van der Waals surface area contributed by atoms with Crippen LogP contribution in [0.3, 0.4) is 0 Å². The van der Waals surface area contributed by atoms with Crippen molar-refractivity contribution in [3.63, 3.8) is 0 Å². The molecule has 1 aliphatic rings. The largest absolute Gasteiger partial charge is 0.341 e. The molecule has 1 fully saturated rings. The van der Waals surface area contributed by atoms with Gasteiger partial charge in [-0.1, -0.05) is 11.6 Å². The Balaban J connectivity index is 2.03. The second kappa shape index (κ2) is 6.73. The molecule has 1 aliphatic heterocycles.